The lowest BCUT2D eigenvalue weighted by Gasteiger charge is -2.35. The number of ether oxygens (including phenoxy) is 1. The van der Waals surface area contributed by atoms with Crippen LogP contribution in [0.25, 0.3) is 0 Å². The average Bonchev–Trinajstić information content (AvgIpc) is 2.18. The number of nitrogen functional groups attached to an aromatic ring is 1. The van der Waals surface area contributed by atoms with E-state index in [4.69, 9.17) is 10.5 Å². The monoisotopic (exact) mass is 208 g/mol. The Morgan fingerprint density at radius 1 is 1.47 bits per heavy atom. The van der Waals surface area contributed by atoms with Crippen molar-refractivity contribution in [2.24, 2.45) is 0 Å². The molecule has 15 heavy (non-hydrogen) atoms. The normalized spacial score (nSPS) is 24.6. The molecular formula is C10H16N4O. The van der Waals surface area contributed by atoms with Crippen LogP contribution in [0.2, 0.25) is 0 Å². The third-order valence-corrected chi connectivity index (χ3v) is 2.50. The van der Waals surface area contributed by atoms with Crippen LogP contribution in [0.5, 0.6) is 0 Å². The van der Waals surface area contributed by atoms with Crippen LogP contribution in [0.4, 0.5) is 11.6 Å². The summed E-state index contributed by atoms with van der Waals surface area (Å²) in [5.41, 5.74) is 6.08. The second kappa shape index (κ2) is 4.44. The molecule has 3 N–H and O–H groups in total. The van der Waals surface area contributed by atoms with Gasteiger partial charge in [0, 0.05) is 12.6 Å². The Bertz CT molecular complexity index is 308. The Hall–Kier alpha value is -1.36. The molecule has 1 fully saturated rings. The average molecular weight is 208 g/mol. The fourth-order valence-electron chi connectivity index (χ4n) is 1.65. The van der Waals surface area contributed by atoms with Crippen molar-refractivity contribution in [3.63, 3.8) is 0 Å². The molecule has 0 aromatic carbocycles. The van der Waals surface area contributed by atoms with Crippen LogP contribution in [0, 0.1) is 0 Å². The van der Waals surface area contributed by atoms with E-state index >= 15 is 0 Å². The van der Waals surface area contributed by atoms with E-state index < -0.39 is 0 Å². The van der Waals surface area contributed by atoms with Gasteiger partial charge in [-0.15, -0.1) is 0 Å². The summed E-state index contributed by atoms with van der Waals surface area (Å²) in [6.07, 6.45) is 5.67. The minimum Gasteiger partial charge on any atom is -0.396 e. The lowest BCUT2D eigenvalue weighted by molar-refractivity contribution is 0.00285. The summed E-state index contributed by atoms with van der Waals surface area (Å²) in [5, 5.41) is 3.24. The fourth-order valence-corrected chi connectivity index (χ4v) is 1.65. The van der Waals surface area contributed by atoms with Crippen molar-refractivity contribution in [1.82, 2.24) is 9.97 Å². The smallest absolute Gasteiger partial charge is 0.222 e. The molecule has 1 aliphatic rings. The largest absolute Gasteiger partial charge is 0.396 e. The molecule has 0 unspecified atom stereocenters. The molecule has 5 nitrogen and oxygen atoms in total. The number of nitrogens with two attached hydrogens (primary N) is 1. The van der Waals surface area contributed by atoms with Gasteiger partial charge >= 0.3 is 0 Å². The number of nitrogens with one attached hydrogen (secondary N) is 1. The van der Waals surface area contributed by atoms with Gasteiger partial charge in [-0.3, -0.25) is 0 Å². The maximum atomic E-state index is 5.49. The minimum atomic E-state index is 0.404. The predicted molar refractivity (Wildman–Crippen MR) is 58.5 cm³/mol. The summed E-state index contributed by atoms with van der Waals surface area (Å²) in [6, 6.07) is 0.435. The third kappa shape index (κ3) is 2.56. The second-order valence-corrected chi connectivity index (χ2v) is 3.73. The van der Waals surface area contributed by atoms with E-state index in [0.29, 0.717) is 23.8 Å². The summed E-state index contributed by atoms with van der Waals surface area (Å²) in [4.78, 5) is 8.17. The van der Waals surface area contributed by atoms with Crippen molar-refractivity contribution in [2.75, 3.05) is 17.7 Å². The zero-order chi connectivity index (χ0) is 10.7. The molecule has 1 aromatic rings. The first-order chi connectivity index (χ1) is 7.28. The quantitative estimate of drug-likeness (QED) is 0.773. The zero-order valence-corrected chi connectivity index (χ0v) is 8.81. The Morgan fingerprint density at radius 2 is 2.13 bits per heavy atom. The number of anilines is 2. The van der Waals surface area contributed by atoms with E-state index in [-0.39, 0.29) is 0 Å². The number of rotatable bonds is 4. The van der Waals surface area contributed by atoms with E-state index in [1.807, 2.05) is 6.92 Å². The molecule has 1 heterocycles. The first kappa shape index (κ1) is 10.2. The minimum absolute atomic E-state index is 0.404. The van der Waals surface area contributed by atoms with Gasteiger partial charge in [-0.2, -0.15) is 0 Å². The van der Waals surface area contributed by atoms with Gasteiger partial charge in [0.15, 0.2) is 0 Å². The van der Waals surface area contributed by atoms with Gasteiger partial charge in [0.2, 0.25) is 5.95 Å². The molecule has 0 bridgehead atoms. The van der Waals surface area contributed by atoms with Crippen molar-refractivity contribution in [3.05, 3.63) is 12.4 Å². The summed E-state index contributed by atoms with van der Waals surface area (Å²) < 4.78 is 5.46. The van der Waals surface area contributed by atoms with Gasteiger partial charge in [0.1, 0.15) is 0 Å². The zero-order valence-electron chi connectivity index (χ0n) is 8.81. The highest BCUT2D eigenvalue weighted by Crippen LogP contribution is 2.25. The molecular weight excluding hydrogens is 192 g/mol. The lowest BCUT2D eigenvalue weighted by Crippen LogP contribution is -2.41. The molecule has 0 saturated heterocycles. The summed E-state index contributed by atoms with van der Waals surface area (Å²) >= 11 is 0. The highest BCUT2D eigenvalue weighted by molar-refractivity contribution is 5.36. The number of hydrogen-bond donors (Lipinski definition) is 2. The van der Waals surface area contributed by atoms with Crippen molar-refractivity contribution in [3.8, 4) is 0 Å². The molecule has 82 valence electrons. The number of hydrogen-bond acceptors (Lipinski definition) is 5. The summed E-state index contributed by atoms with van der Waals surface area (Å²) in [6.45, 7) is 2.81. The highest BCUT2D eigenvalue weighted by Gasteiger charge is 2.29. The van der Waals surface area contributed by atoms with Crippen molar-refractivity contribution in [1.29, 1.82) is 0 Å². The fraction of sp³-hybridized carbons (Fsp3) is 0.600. The molecule has 0 amide bonds. The van der Waals surface area contributed by atoms with Crippen LogP contribution in [0.15, 0.2) is 12.4 Å². The van der Waals surface area contributed by atoms with Gasteiger partial charge in [-0.1, -0.05) is 0 Å². The van der Waals surface area contributed by atoms with Crippen LogP contribution in [-0.4, -0.2) is 28.7 Å². The molecule has 0 aliphatic heterocycles. The lowest BCUT2D eigenvalue weighted by atomic mass is 9.89. The van der Waals surface area contributed by atoms with E-state index in [1.54, 1.807) is 12.4 Å². The Labute approximate surface area is 89.1 Å². The van der Waals surface area contributed by atoms with E-state index in [2.05, 4.69) is 15.3 Å². The molecule has 0 radical (unpaired) electrons. The summed E-state index contributed by atoms with van der Waals surface area (Å²) in [7, 11) is 0. The SMILES string of the molecule is CCOC1CC(Nc2ncc(N)cn2)C1. The molecule has 1 aromatic heterocycles. The number of nitrogens with zero attached hydrogens (tertiary/aromatic N) is 2. The standard InChI is InChI=1S/C10H16N4O/c1-2-15-9-3-8(4-9)14-10-12-5-7(11)6-13-10/h5-6,8-9H,2-4,11H2,1H3,(H,12,13,14). The van der Waals surface area contributed by atoms with E-state index in [9.17, 15) is 0 Å². The Balaban J connectivity index is 1.77. The van der Waals surface area contributed by atoms with Crippen LogP contribution >= 0.6 is 0 Å². The van der Waals surface area contributed by atoms with Gasteiger partial charge in [-0.25, -0.2) is 9.97 Å². The third-order valence-electron chi connectivity index (χ3n) is 2.50. The van der Waals surface area contributed by atoms with Crippen molar-refractivity contribution < 1.29 is 4.74 Å². The number of aromatic nitrogens is 2. The highest BCUT2D eigenvalue weighted by atomic mass is 16.5. The second-order valence-electron chi connectivity index (χ2n) is 3.73. The molecule has 0 spiro atoms. The predicted octanol–water partition coefficient (Wildman–Crippen LogP) is 1.04. The molecule has 0 atom stereocenters. The van der Waals surface area contributed by atoms with Crippen molar-refractivity contribution >= 4 is 11.6 Å². The van der Waals surface area contributed by atoms with E-state index in [1.165, 1.54) is 0 Å². The first-order valence-electron chi connectivity index (χ1n) is 5.23. The molecule has 1 aliphatic carbocycles. The van der Waals surface area contributed by atoms with Gasteiger partial charge in [0.25, 0.3) is 0 Å². The molecule has 1 saturated carbocycles. The van der Waals surface area contributed by atoms with Gasteiger partial charge < -0.3 is 15.8 Å². The first-order valence-corrected chi connectivity index (χ1v) is 5.23. The van der Waals surface area contributed by atoms with Crippen LogP contribution < -0.4 is 11.1 Å². The summed E-state index contributed by atoms with van der Waals surface area (Å²) in [5.74, 6) is 0.643. The Kier molecular flexibility index (Phi) is 3.01. The Morgan fingerprint density at radius 3 is 2.73 bits per heavy atom. The van der Waals surface area contributed by atoms with Gasteiger partial charge in [-0.05, 0) is 19.8 Å². The van der Waals surface area contributed by atoms with Gasteiger partial charge in [0.05, 0.1) is 24.2 Å². The maximum absolute atomic E-state index is 5.49. The topological polar surface area (TPSA) is 73.1 Å². The van der Waals surface area contributed by atoms with Crippen LogP contribution in [-0.2, 0) is 4.74 Å². The van der Waals surface area contributed by atoms with Crippen LogP contribution in [0.1, 0.15) is 19.8 Å². The van der Waals surface area contributed by atoms with Crippen molar-refractivity contribution in [2.45, 2.75) is 31.9 Å². The van der Waals surface area contributed by atoms with E-state index in [0.717, 1.165) is 19.4 Å². The molecule has 2 rings (SSSR count). The maximum Gasteiger partial charge on any atom is 0.222 e. The molecule has 5 heteroatoms. The van der Waals surface area contributed by atoms with Crippen LogP contribution in [0.3, 0.4) is 0 Å².